The van der Waals surface area contributed by atoms with Gasteiger partial charge in [-0.1, -0.05) is 45.4 Å². The summed E-state index contributed by atoms with van der Waals surface area (Å²) in [6.45, 7) is 6.38. The molecule has 0 radical (unpaired) electrons. The molecule has 108 valence electrons. The standard InChI is InChI=1S/C15H30O3/c1-3-5-6-7-8-9-10-11-15-17-13-14(18-15)12-16-4-2/h14-15H,3-13H2,1-2H3/t14-,15-/m0/s1. The molecule has 1 aliphatic rings. The van der Waals surface area contributed by atoms with Crippen LogP contribution in [0.1, 0.15) is 65.2 Å². The molecule has 2 atom stereocenters. The Morgan fingerprint density at radius 3 is 2.44 bits per heavy atom. The second kappa shape index (κ2) is 10.8. The summed E-state index contributed by atoms with van der Waals surface area (Å²) >= 11 is 0. The van der Waals surface area contributed by atoms with Crippen molar-refractivity contribution >= 4 is 0 Å². The highest BCUT2D eigenvalue weighted by atomic mass is 16.7. The molecule has 0 aromatic carbocycles. The summed E-state index contributed by atoms with van der Waals surface area (Å²) in [4.78, 5) is 0. The lowest BCUT2D eigenvalue weighted by atomic mass is 10.1. The molecule has 1 aliphatic heterocycles. The van der Waals surface area contributed by atoms with Crippen LogP contribution in [0.2, 0.25) is 0 Å². The predicted molar refractivity (Wildman–Crippen MR) is 73.7 cm³/mol. The minimum Gasteiger partial charge on any atom is -0.379 e. The monoisotopic (exact) mass is 258 g/mol. The third kappa shape index (κ3) is 7.34. The van der Waals surface area contributed by atoms with Gasteiger partial charge in [-0.15, -0.1) is 0 Å². The maximum absolute atomic E-state index is 5.76. The van der Waals surface area contributed by atoms with Gasteiger partial charge in [-0.2, -0.15) is 0 Å². The number of ether oxygens (including phenoxy) is 3. The minimum absolute atomic E-state index is 0.0195. The van der Waals surface area contributed by atoms with Crippen LogP contribution in [0.4, 0.5) is 0 Å². The van der Waals surface area contributed by atoms with Gasteiger partial charge in [-0.05, 0) is 19.8 Å². The largest absolute Gasteiger partial charge is 0.379 e. The van der Waals surface area contributed by atoms with Crippen LogP contribution in [0.15, 0.2) is 0 Å². The van der Waals surface area contributed by atoms with Crippen LogP contribution in [0.25, 0.3) is 0 Å². The van der Waals surface area contributed by atoms with E-state index in [2.05, 4.69) is 6.92 Å². The van der Waals surface area contributed by atoms with Crippen LogP contribution in [0.3, 0.4) is 0 Å². The zero-order valence-corrected chi connectivity index (χ0v) is 12.2. The Labute approximate surface area is 112 Å². The van der Waals surface area contributed by atoms with Crippen molar-refractivity contribution in [1.82, 2.24) is 0 Å². The van der Waals surface area contributed by atoms with Crippen molar-refractivity contribution in [3.05, 3.63) is 0 Å². The van der Waals surface area contributed by atoms with Crippen LogP contribution in [-0.4, -0.2) is 32.2 Å². The smallest absolute Gasteiger partial charge is 0.158 e. The van der Waals surface area contributed by atoms with Gasteiger partial charge in [0.15, 0.2) is 6.29 Å². The maximum atomic E-state index is 5.76. The van der Waals surface area contributed by atoms with Gasteiger partial charge in [0, 0.05) is 6.61 Å². The molecular weight excluding hydrogens is 228 g/mol. The van der Waals surface area contributed by atoms with Crippen molar-refractivity contribution in [1.29, 1.82) is 0 Å². The molecule has 0 unspecified atom stereocenters. The molecule has 3 heteroatoms. The molecule has 0 amide bonds. The molecule has 1 rings (SSSR count). The quantitative estimate of drug-likeness (QED) is 0.526. The third-order valence-corrected chi connectivity index (χ3v) is 3.36. The average Bonchev–Trinajstić information content (AvgIpc) is 2.83. The first kappa shape index (κ1) is 15.9. The molecule has 0 N–H and O–H groups in total. The van der Waals surface area contributed by atoms with Crippen molar-refractivity contribution in [2.45, 2.75) is 77.6 Å². The Kier molecular flexibility index (Phi) is 9.54. The number of hydrogen-bond donors (Lipinski definition) is 0. The molecule has 3 nitrogen and oxygen atoms in total. The lowest BCUT2D eigenvalue weighted by Gasteiger charge is -2.11. The Balaban J connectivity index is 1.88. The Morgan fingerprint density at radius 1 is 1.00 bits per heavy atom. The number of hydrogen-bond acceptors (Lipinski definition) is 3. The van der Waals surface area contributed by atoms with Crippen molar-refractivity contribution in [2.24, 2.45) is 0 Å². The first-order valence-corrected chi connectivity index (χ1v) is 7.71. The summed E-state index contributed by atoms with van der Waals surface area (Å²) in [6, 6.07) is 0. The van der Waals surface area contributed by atoms with Gasteiger partial charge in [-0.25, -0.2) is 0 Å². The fraction of sp³-hybridized carbons (Fsp3) is 1.00. The van der Waals surface area contributed by atoms with Crippen molar-refractivity contribution in [3.8, 4) is 0 Å². The summed E-state index contributed by atoms with van der Waals surface area (Å²) in [5.41, 5.74) is 0. The second-order valence-corrected chi connectivity index (χ2v) is 5.09. The first-order chi connectivity index (χ1) is 8.86. The number of unbranched alkanes of at least 4 members (excludes halogenated alkanes) is 6. The van der Waals surface area contributed by atoms with E-state index in [0.29, 0.717) is 13.2 Å². The second-order valence-electron chi connectivity index (χ2n) is 5.09. The topological polar surface area (TPSA) is 27.7 Å². The molecule has 1 heterocycles. The molecule has 0 bridgehead atoms. The first-order valence-electron chi connectivity index (χ1n) is 7.71. The van der Waals surface area contributed by atoms with E-state index >= 15 is 0 Å². The third-order valence-electron chi connectivity index (χ3n) is 3.36. The van der Waals surface area contributed by atoms with E-state index in [1.54, 1.807) is 0 Å². The summed E-state index contributed by atoms with van der Waals surface area (Å²) in [7, 11) is 0. The summed E-state index contributed by atoms with van der Waals surface area (Å²) in [6.07, 6.45) is 10.6. The average molecular weight is 258 g/mol. The molecule has 0 spiro atoms. The molecule has 0 aromatic heterocycles. The zero-order valence-electron chi connectivity index (χ0n) is 12.2. The molecule has 1 fully saturated rings. The van der Waals surface area contributed by atoms with Gasteiger partial charge in [0.1, 0.15) is 6.10 Å². The van der Waals surface area contributed by atoms with Crippen molar-refractivity contribution in [2.75, 3.05) is 19.8 Å². The minimum atomic E-state index is 0.0195. The van der Waals surface area contributed by atoms with Gasteiger partial charge < -0.3 is 14.2 Å². The maximum Gasteiger partial charge on any atom is 0.158 e. The predicted octanol–water partition coefficient (Wildman–Crippen LogP) is 3.91. The molecule has 18 heavy (non-hydrogen) atoms. The lowest BCUT2D eigenvalue weighted by Crippen LogP contribution is -2.18. The van der Waals surface area contributed by atoms with Gasteiger partial charge in [0.05, 0.1) is 13.2 Å². The fourth-order valence-corrected chi connectivity index (χ4v) is 2.26. The summed E-state index contributed by atoms with van der Waals surface area (Å²) in [5.74, 6) is 0. The molecule has 0 aromatic rings. The highest BCUT2D eigenvalue weighted by Gasteiger charge is 2.25. The van der Waals surface area contributed by atoms with Crippen molar-refractivity contribution in [3.63, 3.8) is 0 Å². The number of rotatable bonds is 11. The van der Waals surface area contributed by atoms with E-state index in [1.807, 2.05) is 6.92 Å². The van der Waals surface area contributed by atoms with Crippen LogP contribution >= 0.6 is 0 Å². The van der Waals surface area contributed by atoms with E-state index < -0.39 is 0 Å². The molecule has 0 aliphatic carbocycles. The van der Waals surface area contributed by atoms with E-state index in [-0.39, 0.29) is 12.4 Å². The summed E-state index contributed by atoms with van der Waals surface area (Å²) in [5, 5.41) is 0. The van der Waals surface area contributed by atoms with Gasteiger partial charge in [0.25, 0.3) is 0 Å². The SMILES string of the molecule is CCCCCCCCC[C@H]1OC[C@H](COCC)O1. The normalized spacial score (nSPS) is 23.7. The highest BCUT2D eigenvalue weighted by Crippen LogP contribution is 2.18. The zero-order chi connectivity index (χ0) is 13.1. The Bertz CT molecular complexity index is 185. The molecule has 0 saturated carbocycles. The molecule has 1 saturated heterocycles. The molecular formula is C15H30O3. The Morgan fingerprint density at radius 2 is 1.72 bits per heavy atom. The fourth-order valence-electron chi connectivity index (χ4n) is 2.26. The van der Waals surface area contributed by atoms with E-state index in [9.17, 15) is 0 Å². The van der Waals surface area contributed by atoms with Crippen LogP contribution in [0.5, 0.6) is 0 Å². The van der Waals surface area contributed by atoms with Crippen LogP contribution in [0, 0.1) is 0 Å². The van der Waals surface area contributed by atoms with Crippen LogP contribution in [-0.2, 0) is 14.2 Å². The van der Waals surface area contributed by atoms with E-state index in [1.165, 1.54) is 44.9 Å². The van der Waals surface area contributed by atoms with Crippen LogP contribution < -0.4 is 0 Å². The Hall–Kier alpha value is -0.120. The van der Waals surface area contributed by atoms with Gasteiger partial charge >= 0.3 is 0 Å². The lowest BCUT2D eigenvalue weighted by molar-refractivity contribution is -0.0753. The van der Waals surface area contributed by atoms with Gasteiger partial charge in [-0.3, -0.25) is 0 Å². The summed E-state index contributed by atoms with van der Waals surface area (Å²) < 4.78 is 16.7. The van der Waals surface area contributed by atoms with Crippen molar-refractivity contribution < 1.29 is 14.2 Å². The highest BCUT2D eigenvalue weighted by molar-refractivity contribution is 4.64. The van der Waals surface area contributed by atoms with E-state index in [0.717, 1.165) is 13.0 Å². The van der Waals surface area contributed by atoms with E-state index in [4.69, 9.17) is 14.2 Å². The van der Waals surface area contributed by atoms with Gasteiger partial charge in [0.2, 0.25) is 0 Å².